The summed E-state index contributed by atoms with van der Waals surface area (Å²) in [5.41, 5.74) is 6.24. The van der Waals surface area contributed by atoms with E-state index in [1.165, 1.54) is 73.8 Å². The monoisotopic (exact) mass is 424 g/mol. The number of hydrogen-bond acceptors (Lipinski definition) is 1. The van der Waals surface area contributed by atoms with Crippen LogP contribution < -0.4 is 4.57 Å². The Labute approximate surface area is 189 Å². The maximum atomic E-state index is 2.52. The zero-order valence-corrected chi connectivity index (χ0v) is 19.8. The second-order valence-electron chi connectivity index (χ2n) is 10.4. The van der Waals surface area contributed by atoms with Gasteiger partial charge in [0.25, 0.3) is 0 Å². The molecule has 0 bridgehead atoms. The molecule has 2 heteroatoms. The highest BCUT2D eigenvalue weighted by Crippen LogP contribution is 2.51. The normalized spacial score (nSPS) is 17.8. The Hall–Kier alpha value is -2.32. The molecule has 6 rings (SSSR count). The first-order valence-corrected chi connectivity index (χ1v) is 12.4. The molecule has 31 heavy (non-hydrogen) atoms. The summed E-state index contributed by atoms with van der Waals surface area (Å²) in [6.45, 7) is 7.15. The molecule has 3 aromatic carbocycles. The molecule has 0 saturated heterocycles. The van der Waals surface area contributed by atoms with Gasteiger partial charge in [-0.3, -0.25) is 0 Å². The molecule has 2 heterocycles. The van der Waals surface area contributed by atoms with E-state index in [2.05, 4.69) is 87.1 Å². The fourth-order valence-electron chi connectivity index (χ4n) is 5.83. The maximum absolute atomic E-state index is 2.52. The predicted octanol–water partition coefficient (Wildman–Crippen LogP) is 7.94. The standard InChI is InChI=1S/C29H30NS/c1-18-23-8-6-5-7-20(23)16-24-26(18)28-27-21(11-14-30(28)4)15-22(17-25(27)31-24)19-9-12-29(2,3)13-10-19/h5-8,11,14-17,19H,9-10,12-13H2,1-4H3/q+1. The summed E-state index contributed by atoms with van der Waals surface area (Å²) in [5, 5.41) is 5.54. The first-order chi connectivity index (χ1) is 14.9. The summed E-state index contributed by atoms with van der Waals surface area (Å²) in [6, 6.07) is 18.6. The number of hydrogen-bond donors (Lipinski definition) is 0. The first-order valence-electron chi connectivity index (χ1n) is 11.6. The molecule has 1 aliphatic heterocycles. The van der Waals surface area contributed by atoms with Gasteiger partial charge in [-0.2, -0.15) is 0 Å². The van der Waals surface area contributed by atoms with Crippen molar-refractivity contribution in [1.82, 2.24) is 0 Å². The molecule has 2 aliphatic rings. The van der Waals surface area contributed by atoms with E-state index >= 15 is 0 Å². The van der Waals surface area contributed by atoms with Crippen LogP contribution in [0.25, 0.3) is 32.8 Å². The lowest BCUT2D eigenvalue weighted by atomic mass is 9.71. The van der Waals surface area contributed by atoms with Crippen molar-refractivity contribution >= 4 is 33.3 Å². The Morgan fingerprint density at radius 2 is 1.71 bits per heavy atom. The third-order valence-electron chi connectivity index (χ3n) is 7.76. The minimum atomic E-state index is 0.509. The van der Waals surface area contributed by atoms with Gasteiger partial charge in [0, 0.05) is 15.9 Å². The van der Waals surface area contributed by atoms with E-state index in [1.807, 2.05) is 11.8 Å². The van der Waals surface area contributed by atoms with Crippen LogP contribution in [0.4, 0.5) is 0 Å². The highest BCUT2D eigenvalue weighted by Gasteiger charge is 2.32. The molecule has 1 aromatic heterocycles. The highest BCUT2D eigenvalue weighted by molar-refractivity contribution is 7.99. The highest BCUT2D eigenvalue weighted by atomic mass is 32.2. The van der Waals surface area contributed by atoms with Crippen LogP contribution in [0.15, 0.2) is 64.5 Å². The summed E-state index contributed by atoms with van der Waals surface area (Å²) < 4.78 is 2.33. The Morgan fingerprint density at radius 3 is 2.52 bits per heavy atom. The molecule has 1 nitrogen and oxygen atoms in total. The zero-order valence-electron chi connectivity index (χ0n) is 19.0. The molecule has 0 radical (unpaired) electrons. The average Bonchev–Trinajstić information content (AvgIpc) is 2.75. The number of fused-ring (bicyclic) bond motifs is 3. The Bertz CT molecular complexity index is 1350. The smallest absolute Gasteiger partial charge is 0.200 e. The number of aromatic nitrogens is 1. The zero-order chi connectivity index (χ0) is 21.3. The lowest BCUT2D eigenvalue weighted by Gasteiger charge is -2.35. The Balaban J connectivity index is 1.57. The van der Waals surface area contributed by atoms with Gasteiger partial charge in [-0.25, -0.2) is 4.57 Å². The van der Waals surface area contributed by atoms with Crippen molar-refractivity contribution in [3.05, 3.63) is 65.9 Å². The molecule has 1 saturated carbocycles. The van der Waals surface area contributed by atoms with E-state index in [1.54, 1.807) is 5.56 Å². The molecule has 1 aliphatic carbocycles. The number of benzene rings is 3. The molecular formula is C29H30NS+. The van der Waals surface area contributed by atoms with Gasteiger partial charge < -0.3 is 0 Å². The van der Waals surface area contributed by atoms with Crippen LogP contribution in [0, 0.1) is 12.3 Å². The third-order valence-corrected chi connectivity index (χ3v) is 8.85. The molecule has 0 spiro atoms. The van der Waals surface area contributed by atoms with E-state index in [-0.39, 0.29) is 0 Å². The fraction of sp³-hybridized carbons (Fsp3) is 0.345. The van der Waals surface area contributed by atoms with Crippen LogP contribution in [0.3, 0.4) is 0 Å². The fourth-order valence-corrected chi connectivity index (χ4v) is 7.11. The summed E-state index contributed by atoms with van der Waals surface area (Å²) in [6.07, 6.45) is 7.55. The van der Waals surface area contributed by atoms with Gasteiger partial charge in [0.1, 0.15) is 7.05 Å². The van der Waals surface area contributed by atoms with Crippen molar-refractivity contribution in [1.29, 1.82) is 0 Å². The first kappa shape index (κ1) is 19.4. The van der Waals surface area contributed by atoms with E-state index < -0.39 is 0 Å². The summed E-state index contributed by atoms with van der Waals surface area (Å²) in [4.78, 5) is 2.83. The van der Waals surface area contributed by atoms with Gasteiger partial charge in [-0.15, -0.1) is 0 Å². The number of aryl methyl sites for hydroxylation is 2. The lowest BCUT2D eigenvalue weighted by Crippen LogP contribution is -2.31. The van der Waals surface area contributed by atoms with Gasteiger partial charge in [-0.05, 0) is 83.4 Å². The molecule has 4 aromatic rings. The van der Waals surface area contributed by atoms with Crippen LogP contribution in [-0.2, 0) is 7.05 Å². The van der Waals surface area contributed by atoms with E-state index in [4.69, 9.17) is 0 Å². The lowest BCUT2D eigenvalue weighted by molar-refractivity contribution is -0.659. The van der Waals surface area contributed by atoms with Gasteiger partial charge >= 0.3 is 0 Å². The van der Waals surface area contributed by atoms with Crippen LogP contribution >= 0.6 is 11.8 Å². The number of nitrogens with zero attached hydrogens (tertiary/aromatic N) is 1. The van der Waals surface area contributed by atoms with Crippen molar-refractivity contribution in [2.45, 2.75) is 62.2 Å². The Kier molecular flexibility index (Phi) is 4.27. The van der Waals surface area contributed by atoms with Crippen molar-refractivity contribution in [2.75, 3.05) is 0 Å². The van der Waals surface area contributed by atoms with Crippen LogP contribution in [0.2, 0.25) is 0 Å². The second kappa shape index (κ2) is 6.84. The predicted molar refractivity (Wildman–Crippen MR) is 132 cm³/mol. The third kappa shape index (κ3) is 3.03. The molecule has 1 fully saturated rings. The summed E-state index contributed by atoms with van der Waals surface area (Å²) >= 11 is 1.98. The van der Waals surface area contributed by atoms with Crippen molar-refractivity contribution in [3.8, 4) is 11.3 Å². The Morgan fingerprint density at radius 1 is 0.935 bits per heavy atom. The summed E-state index contributed by atoms with van der Waals surface area (Å²) in [7, 11) is 2.20. The minimum Gasteiger partial charge on any atom is -0.200 e. The molecule has 0 amide bonds. The molecule has 156 valence electrons. The SMILES string of the molecule is Cc1c2c(cc3ccccc13)Sc1cc(C3CCC(C)(C)CC3)cc3cc[n+](C)c-2c13. The molecule has 0 unspecified atom stereocenters. The van der Waals surface area contributed by atoms with Gasteiger partial charge in [0.05, 0.1) is 10.9 Å². The van der Waals surface area contributed by atoms with Gasteiger partial charge in [0.2, 0.25) is 5.69 Å². The van der Waals surface area contributed by atoms with Crippen LogP contribution in [-0.4, -0.2) is 0 Å². The van der Waals surface area contributed by atoms with E-state index in [9.17, 15) is 0 Å². The quantitative estimate of drug-likeness (QED) is 0.247. The second-order valence-corrected chi connectivity index (χ2v) is 11.5. The maximum Gasteiger partial charge on any atom is 0.222 e. The average molecular weight is 425 g/mol. The largest absolute Gasteiger partial charge is 0.222 e. The van der Waals surface area contributed by atoms with Crippen molar-refractivity contribution in [2.24, 2.45) is 12.5 Å². The van der Waals surface area contributed by atoms with Crippen LogP contribution in [0.1, 0.15) is 56.6 Å². The molecule has 0 N–H and O–H groups in total. The topological polar surface area (TPSA) is 3.88 Å². The number of pyridine rings is 1. The molecular weight excluding hydrogens is 394 g/mol. The van der Waals surface area contributed by atoms with Gasteiger partial charge in [0.15, 0.2) is 6.20 Å². The van der Waals surface area contributed by atoms with Crippen LogP contribution in [0.5, 0.6) is 0 Å². The van der Waals surface area contributed by atoms with Crippen molar-refractivity contribution < 1.29 is 4.57 Å². The minimum absolute atomic E-state index is 0.509. The number of rotatable bonds is 1. The van der Waals surface area contributed by atoms with Crippen molar-refractivity contribution in [3.63, 3.8) is 0 Å². The summed E-state index contributed by atoms with van der Waals surface area (Å²) in [5.74, 6) is 0.700. The molecule has 0 atom stereocenters. The van der Waals surface area contributed by atoms with E-state index in [0.29, 0.717) is 11.3 Å². The van der Waals surface area contributed by atoms with E-state index in [0.717, 1.165) is 0 Å². The van der Waals surface area contributed by atoms with Gasteiger partial charge in [-0.1, -0.05) is 55.9 Å².